The lowest BCUT2D eigenvalue weighted by molar-refractivity contribution is 0.396. The predicted molar refractivity (Wildman–Crippen MR) is 75.4 cm³/mol. The van der Waals surface area contributed by atoms with Crippen molar-refractivity contribution in [1.29, 1.82) is 0 Å². The highest BCUT2D eigenvalue weighted by molar-refractivity contribution is 9.11. The molecule has 1 heterocycles. The topological polar surface area (TPSA) is 56.3 Å². The molecule has 2 rings (SSSR count). The fourth-order valence-electron chi connectivity index (χ4n) is 1.33. The average molecular weight is 351 g/mol. The van der Waals surface area contributed by atoms with Gasteiger partial charge in [0.2, 0.25) is 5.13 Å². The number of nitrogens with one attached hydrogen (secondary N) is 1. The number of benzene rings is 1. The van der Waals surface area contributed by atoms with E-state index in [9.17, 15) is 0 Å². The quantitative estimate of drug-likeness (QED) is 0.911. The second kappa shape index (κ2) is 5.73. The van der Waals surface area contributed by atoms with Crippen molar-refractivity contribution in [3.8, 4) is 11.5 Å². The van der Waals surface area contributed by atoms with Gasteiger partial charge in [-0.15, -0.1) is 10.2 Å². The monoisotopic (exact) mass is 349 g/mol. The fourth-order valence-corrected chi connectivity index (χ4v) is 2.59. The van der Waals surface area contributed by atoms with Crippen LogP contribution < -0.4 is 14.8 Å². The Morgan fingerprint density at radius 2 is 1.94 bits per heavy atom. The number of nitrogens with zero attached hydrogens (tertiary/aromatic N) is 2. The number of hydrogen-bond acceptors (Lipinski definition) is 6. The van der Waals surface area contributed by atoms with E-state index in [1.807, 2.05) is 0 Å². The van der Waals surface area contributed by atoms with Gasteiger partial charge in [-0.3, -0.25) is 0 Å². The molecule has 1 N–H and O–H groups in total. The van der Waals surface area contributed by atoms with E-state index in [1.165, 1.54) is 11.3 Å². The summed E-state index contributed by atoms with van der Waals surface area (Å²) in [7, 11) is 3.12. The highest BCUT2D eigenvalue weighted by atomic mass is 79.9. The summed E-state index contributed by atoms with van der Waals surface area (Å²) in [6, 6.07) is 3.43. The minimum Gasteiger partial charge on any atom is -0.495 e. The minimum atomic E-state index is 0.490. The van der Waals surface area contributed by atoms with Crippen LogP contribution in [0.1, 0.15) is 0 Å². The summed E-state index contributed by atoms with van der Waals surface area (Å²) in [6.45, 7) is 0. The van der Waals surface area contributed by atoms with E-state index >= 15 is 0 Å². The molecule has 2 aromatic rings. The highest BCUT2D eigenvalue weighted by Gasteiger charge is 2.11. The molecule has 0 atom stereocenters. The van der Waals surface area contributed by atoms with Crippen LogP contribution in [0.5, 0.6) is 11.5 Å². The number of methoxy groups -OCH3 is 2. The van der Waals surface area contributed by atoms with Gasteiger partial charge in [-0.05, 0) is 22.0 Å². The van der Waals surface area contributed by atoms with Crippen molar-refractivity contribution in [3.63, 3.8) is 0 Å². The first-order valence-electron chi connectivity index (χ1n) is 4.81. The summed E-state index contributed by atoms with van der Waals surface area (Å²) in [5, 5.41) is 12.0. The first-order valence-corrected chi connectivity index (χ1v) is 6.80. The maximum absolute atomic E-state index is 6.07. The largest absolute Gasteiger partial charge is 0.495 e. The van der Waals surface area contributed by atoms with Gasteiger partial charge in [0.25, 0.3) is 0 Å². The van der Waals surface area contributed by atoms with E-state index in [0.29, 0.717) is 31.3 Å². The summed E-state index contributed by atoms with van der Waals surface area (Å²) in [6.07, 6.45) is 0. The lowest BCUT2D eigenvalue weighted by atomic mass is 10.2. The molecule has 0 bridgehead atoms. The first-order chi connectivity index (χ1) is 8.63. The number of anilines is 2. The Balaban J connectivity index is 2.34. The predicted octanol–water partition coefficient (Wildman–Crippen LogP) is 3.71. The van der Waals surface area contributed by atoms with Crippen molar-refractivity contribution in [2.45, 2.75) is 0 Å². The molecule has 96 valence electrons. The Labute approximate surface area is 121 Å². The van der Waals surface area contributed by atoms with Gasteiger partial charge in [0.05, 0.1) is 24.9 Å². The normalized spacial score (nSPS) is 10.2. The van der Waals surface area contributed by atoms with Gasteiger partial charge in [0.15, 0.2) is 3.92 Å². The third kappa shape index (κ3) is 2.85. The molecule has 0 unspecified atom stereocenters. The van der Waals surface area contributed by atoms with Crippen LogP contribution in [0.3, 0.4) is 0 Å². The van der Waals surface area contributed by atoms with Gasteiger partial charge in [-0.2, -0.15) is 0 Å². The molecule has 8 heteroatoms. The SMILES string of the molecule is COc1cc(OC)c(Nc2nnc(Br)s2)cc1Cl. The summed E-state index contributed by atoms with van der Waals surface area (Å²) in [5.74, 6) is 1.17. The van der Waals surface area contributed by atoms with Crippen LogP contribution in [0.25, 0.3) is 0 Å². The third-order valence-corrected chi connectivity index (χ3v) is 3.68. The van der Waals surface area contributed by atoms with Crippen LogP contribution in [0.15, 0.2) is 16.0 Å². The Morgan fingerprint density at radius 3 is 2.50 bits per heavy atom. The second-order valence-electron chi connectivity index (χ2n) is 3.17. The summed E-state index contributed by atoms with van der Waals surface area (Å²) in [5.41, 5.74) is 0.701. The Bertz CT molecular complexity index is 564. The van der Waals surface area contributed by atoms with E-state index in [-0.39, 0.29) is 0 Å². The fraction of sp³-hybridized carbons (Fsp3) is 0.200. The van der Waals surface area contributed by atoms with Crippen LogP contribution in [0.4, 0.5) is 10.8 Å². The minimum absolute atomic E-state index is 0.490. The maximum Gasteiger partial charge on any atom is 0.211 e. The Morgan fingerprint density at radius 1 is 1.22 bits per heavy atom. The number of halogens is 2. The molecule has 0 spiro atoms. The lowest BCUT2D eigenvalue weighted by Crippen LogP contribution is -1.96. The van der Waals surface area contributed by atoms with Crippen LogP contribution >= 0.6 is 38.9 Å². The van der Waals surface area contributed by atoms with E-state index in [4.69, 9.17) is 21.1 Å². The zero-order chi connectivity index (χ0) is 13.1. The Hall–Kier alpha value is -1.05. The molecular weight excluding hydrogens is 342 g/mol. The van der Waals surface area contributed by atoms with Crippen LogP contribution in [-0.4, -0.2) is 24.4 Å². The van der Waals surface area contributed by atoms with Gasteiger partial charge in [-0.25, -0.2) is 0 Å². The van der Waals surface area contributed by atoms with Crippen molar-refractivity contribution >= 4 is 49.7 Å². The Kier molecular flexibility index (Phi) is 4.26. The zero-order valence-corrected chi connectivity index (χ0v) is 12.7. The average Bonchev–Trinajstić information content (AvgIpc) is 2.75. The second-order valence-corrected chi connectivity index (χ2v) is 5.83. The number of ether oxygens (including phenoxy) is 2. The molecule has 0 amide bonds. The molecular formula is C10H9BrClN3O2S. The molecule has 0 radical (unpaired) electrons. The summed E-state index contributed by atoms with van der Waals surface area (Å²) in [4.78, 5) is 0. The van der Waals surface area contributed by atoms with E-state index in [2.05, 4.69) is 31.4 Å². The standard InChI is InChI=1S/C10H9BrClN3O2S/c1-16-7-4-8(17-2)6(3-5(7)12)13-10-15-14-9(11)18-10/h3-4H,1-2H3,(H,13,15). The third-order valence-electron chi connectivity index (χ3n) is 2.12. The van der Waals surface area contributed by atoms with Crippen molar-refractivity contribution in [1.82, 2.24) is 10.2 Å². The lowest BCUT2D eigenvalue weighted by Gasteiger charge is -2.11. The van der Waals surface area contributed by atoms with Crippen LogP contribution in [0.2, 0.25) is 5.02 Å². The molecule has 5 nitrogen and oxygen atoms in total. The maximum atomic E-state index is 6.07. The van der Waals surface area contributed by atoms with E-state index in [0.717, 1.165) is 0 Å². The molecule has 1 aromatic carbocycles. The van der Waals surface area contributed by atoms with Crippen LogP contribution in [-0.2, 0) is 0 Å². The molecule has 0 aliphatic rings. The smallest absolute Gasteiger partial charge is 0.211 e. The van der Waals surface area contributed by atoms with Crippen LogP contribution in [0, 0.1) is 0 Å². The molecule has 0 aliphatic heterocycles. The van der Waals surface area contributed by atoms with Gasteiger partial charge >= 0.3 is 0 Å². The molecule has 0 saturated carbocycles. The molecule has 18 heavy (non-hydrogen) atoms. The van der Waals surface area contributed by atoms with E-state index in [1.54, 1.807) is 26.4 Å². The summed E-state index contributed by atoms with van der Waals surface area (Å²) >= 11 is 10.7. The number of hydrogen-bond donors (Lipinski definition) is 1. The van der Waals surface area contributed by atoms with Gasteiger partial charge in [-0.1, -0.05) is 22.9 Å². The zero-order valence-electron chi connectivity index (χ0n) is 9.53. The molecule has 0 aliphatic carbocycles. The van der Waals surface area contributed by atoms with Crippen molar-refractivity contribution in [2.24, 2.45) is 0 Å². The number of aromatic nitrogens is 2. The first kappa shape index (κ1) is 13.4. The number of rotatable bonds is 4. The van der Waals surface area contributed by atoms with Gasteiger partial charge in [0, 0.05) is 6.07 Å². The molecule has 1 aromatic heterocycles. The van der Waals surface area contributed by atoms with Gasteiger partial charge in [0.1, 0.15) is 11.5 Å². The van der Waals surface area contributed by atoms with E-state index < -0.39 is 0 Å². The molecule has 0 fully saturated rings. The molecule has 0 saturated heterocycles. The van der Waals surface area contributed by atoms with Gasteiger partial charge < -0.3 is 14.8 Å². The van der Waals surface area contributed by atoms with Crippen molar-refractivity contribution in [3.05, 3.63) is 21.1 Å². The van der Waals surface area contributed by atoms with Crippen molar-refractivity contribution < 1.29 is 9.47 Å². The highest BCUT2D eigenvalue weighted by Crippen LogP contribution is 2.37. The summed E-state index contributed by atoms with van der Waals surface area (Å²) < 4.78 is 11.1. The van der Waals surface area contributed by atoms with Crippen molar-refractivity contribution in [2.75, 3.05) is 19.5 Å².